The molecule has 1 aliphatic rings. The number of carbonyl (C=O) groups is 5. The van der Waals surface area contributed by atoms with Crippen LogP contribution in [0.5, 0.6) is 11.5 Å². The van der Waals surface area contributed by atoms with Crippen molar-refractivity contribution in [3.63, 3.8) is 0 Å². The molecule has 1 heterocycles. The Hall–Kier alpha value is -6.19. The maximum atomic E-state index is 13.7. The summed E-state index contributed by atoms with van der Waals surface area (Å²) < 4.78 is 33.5. The van der Waals surface area contributed by atoms with Gasteiger partial charge in [-0.05, 0) is 81.6 Å². The molecule has 5 rings (SSSR count). The zero-order chi connectivity index (χ0) is 42.3. The summed E-state index contributed by atoms with van der Waals surface area (Å²) in [6, 6.07) is 18.9. The van der Waals surface area contributed by atoms with Gasteiger partial charge in [0.1, 0.15) is 24.7 Å². The molecule has 15 nitrogen and oxygen atoms in total. The lowest BCUT2D eigenvalue weighted by molar-refractivity contribution is -0.148. The van der Waals surface area contributed by atoms with Crippen molar-refractivity contribution < 1.29 is 57.5 Å². The van der Waals surface area contributed by atoms with E-state index in [2.05, 4.69) is 5.32 Å². The predicted octanol–water partition coefficient (Wildman–Crippen LogP) is 5.75. The molecule has 0 unspecified atom stereocenters. The third kappa shape index (κ3) is 11.3. The van der Waals surface area contributed by atoms with Gasteiger partial charge in [0.05, 0.1) is 57.4 Å². The van der Waals surface area contributed by atoms with E-state index in [-0.39, 0.29) is 51.7 Å². The Labute approximate surface area is 343 Å². The topological polar surface area (TPSA) is 179 Å². The Bertz CT molecular complexity index is 2070. The average Bonchev–Trinajstić information content (AvgIpc) is 3.22. The molecule has 314 valence electrons. The number of carboxylic acid groups (broad SMARTS) is 1. The molecule has 1 aliphatic heterocycles. The van der Waals surface area contributed by atoms with E-state index in [1.54, 1.807) is 44.2 Å². The molecule has 0 atom stereocenters. The van der Waals surface area contributed by atoms with E-state index in [0.29, 0.717) is 72.8 Å². The van der Waals surface area contributed by atoms with Gasteiger partial charge in [-0.25, -0.2) is 14.4 Å². The number of hydrogen-bond acceptors (Lipinski definition) is 13. The first-order valence-electron chi connectivity index (χ1n) is 19.7. The summed E-state index contributed by atoms with van der Waals surface area (Å²) >= 11 is 0. The number of anilines is 2. The molecular weight excluding hydrogens is 762 g/mol. The van der Waals surface area contributed by atoms with Crippen molar-refractivity contribution in [1.82, 2.24) is 4.90 Å². The van der Waals surface area contributed by atoms with Gasteiger partial charge in [0.2, 0.25) is 0 Å². The molecule has 4 aromatic rings. The number of esters is 2. The molecule has 0 aliphatic carbocycles. The van der Waals surface area contributed by atoms with E-state index in [1.165, 1.54) is 17.0 Å². The van der Waals surface area contributed by atoms with Crippen molar-refractivity contribution in [2.75, 3.05) is 82.7 Å². The molecule has 59 heavy (non-hydrogen) atoms. The van der Waals surface area contributed by atoms with Crippen molar-refractivity contribution in [3.8, 4) is 11.5 Å². The molecule has 2 N–H and O–H groups in total. The molecule has 0 fully saturated rings. The van der Waals surface area contributed by atoms with Crippen LogP contribution in [0.1, 0.15) is 69.9 Å². The molecule has 2 amide bonds. The molecule has 0 spiro atoms. The minimum Gasteiger partial charge on any atom is -0.494 e. The molecule has 0 aromatic heterocycles. The smallest absolute Gasteiger partial charge is 0.335 e. The number of aromatic carboxylic acids is 1. The third-order valence-electron chi connectivity index (χ3n) is 9.39. The molecule has 0 radical (unpaired) electrons. The van der Waals surface area contributed by atoms with Gasteiger partial charge in [-0.2, -0.15) is 0 Å². The second-order valence-corrected chi connectivity index (χ2v) is 13.3. The van der Waals surface area contributed by atoms with Crippen LogP contribution in [0.2, 0.25) is 0 Å². The fourth-order valence-corrected chi connectivity index (χ4v) is 6.72. The number of carboxylic acids is 1. The summed E-state index contributed by atoms with van der Waals surface area (Å²) in [5.74, 6) is -1.58. The second kappa shape index (κ2) is 21.5. The standard InChI is InChI=1S/C44H51N3O12/c1-5-56-37-25-36(46(20-22-54-27-39(48)58-7-3)21-23-55-28-40(49)59-8-4)38(57-6-2)24-31(37)18-19-45-35-17-16-34-41-32(35)10-9-11-33(41)42(50)47(43(34)51)26-29-12-14-30(15-13-29)44(52)53/h9-17,24-25,45H,5-8,18-23,26-28H2,1-4H3,(H,52,53). The van der Waals surface area contributed by atoms with Crippen LogP contribution < -0.4 is 19.7 Å². The number of ether oxygens (including phenoxy) is 6. The highest BCUT2D eigenvalue weighted by Gasteiger charge is 2.33. The van der Waals surface area contributed by atoms with E-state index in [0.717, 1.165) is 22.3 Å². The van der Waals surface area contributed by atoms with E-state index >= 15 is 0 Å². The van der Waals surface area contributed by atoms with Crippen molar-refractivity contribution in [1.29, 1.82) is 0 Å². The first-order chi connectivity index (χ1) is 28.6. The lowest BCUT2D eigenvalue weighted by Crippen LogP contribution is -2.39. The first kappa shape index (κ1) is 43.9. The number of benzene rings is 4. The van der Waals surface area contributed by atoms with Gasteiger partial charge in [-0.3, -0.25) is 14.5 Å². The number of carbonyl (C=O) groups excluding carboxylic acids is 4. The van der Waals surface area contributed by atoms with Crippen molar-refractivity contribution in [2.24, 2.45) is 0 Å². The highest BCUT2D eigenvalue weighted by atomic mass is 16.6. The number of hydrogen-bond donors (Lipinski definition) is 2. The fourth-order valence-electron chi connectivity index (χ4n) is 6.72. The normalized spacial score (nSPS) is 12.0. The van der Waals surface area contributed by atoms with Crippen LogP contribution in [0.3, 0.4) is 0 Å². The van der Waals surface area contributed by atoms with E-state index < -0.39 is 29.7 Å². The Balaban J connectivity index is 1.34. The summed E-state index contributed by atoms with van der Waals surface area (Å²) in [5, 5.41) is 14.0. The van der Waals surface area contributed by atoms with Gasteiger partial charge in [0, 0.05) is 53.3 Å². The summed E-state index contributed by atoms with van der Waals surface area (Å²) in [6.07, 6.45) is 0.524. The van der Waals surface area contributed by atoms with Crippen molar-refractivity contribution >= 4 is 51.9 Å². The Kier molecular flexibility index (Phi) is 16.0. The maximum absolute atomic E-state index is 13.7. The zero-order valence-corrected chi connectivity index (χ0v) is 33.9. The second-order valence-electron chi connectivity index (χ2n) is 13.3. The molecular formula is C44H51N3O12. The van der Waals surface area contributed by atoms with E-state index in [9.17, 15) is 29.1 Å². The van der Waals surface area contributed by atoms with Crippen LogP contribution >= 0.6 is 0 Å². The van der Waals surface area contributed by atoms with Crippen LogP contribution in [-0.2, 0) is 41.5 Å². The van der Waals surface area contributed by atoms with Gasteiger partial charge in [-0.15, -0.1) is 0 Å². The fraction of sp³-hybridized carbons (Fsp3) is 0.386. The van der Waals surface area contributed by atoms with Gasteiger partial charge in [-0.1, -0.05) is 24.3 Å². The number of nitrogens with zero attached hydrogens (tertiary/aromatic N) is 2. The van der Waals surface area contributed by atoms with Crippen LogP contribution in [0.25, 0.3) is 10.8 Å². The Morgan fingerprint density at radius 1 is 0.729 bits per heavy atom. The SMILES string of the molecule is CCOC(=O)COCCN(CCOCC(=O)OCC)c1cc(OCC)c(CCNc2ccc3c4c(cccc24)C(=O)N(Cc2ccc(C(=O)O)cc2)C3=O)cc1OCC. The molecule has 0 bridgehead atoms. The number of imide groups is 1. The molecule has 15 heteroatoms. The lowest BCUT2D eigenvalue weighted by Gasteiger charge is -2.28. The summed E-state index contributed by atoms with van der Waals surface area (Å²) in [7, 11) is 0. The van der Waals surface area contributed by atoms with Gasteiger partial charge in [0.15, 0.2) is 0 Å². The predicted molar refractivity (Wildman–Crippen MR) is 220 cm³/mol. The maximum Gasteiger partial charge on any atom is 0.335 e. The first-order valence-corrected chi connectivity index (χ1v) is 19.7. The van der Waals surface area contributed by atoms with E-state index in [1.807, 2.05) is 43.0 Å². The largest absolute Gasteiger partial charge is 0.494 e. The van der Waals surface area contributed by atoms with Crippen molar-refractivity contribution in [3.05, 3.63) is 94.5 Å². The van der Waals surface area contributed by atoms with E-state index in [4.69, 9.17) is 28.4 Å². The van der Waals surface area contributed by atoms with Gasteiger partial charge < -0.3 is 43.7 Å². The van der Waals surface area contributed by atoms with Crippen LogP contribution in [0.15, 0.2) is 66.7 Å². The van der Waals surface area contributed by atoms with Gasteiger partial charge >= 0.3 is 17.9 Å². The number of amides is 2. The summed E-state index contributed by atoms with van der Waals surface area (Å²) in [5.41, 5.74) is 3.90. The highest BCUT2D eigenvalue weighted by Crippen LogP contribution is 2.38. The van der Waals surface area contributed by atoms with Crippen LogP contribution in [-0.4, -0.2) is 112 Å². The molecule has 4 aromatic carbocycles. The summed E-state index contributed by atoms with van der Waals surface area (Å²) in [6.45, 7) is 9.77. The van der Waals surface area contributed by atoms with Crippen molar-refractivity contribution in [2.45, 2.75) is 40.7 Å². The monoisotopic (exact) mass is 813 g/mol. The Morgan fingerprint density at radius 3 is 1.93 bits per heavy atom. The minimum absolute atomic E-state index is 0.00235. The minimum atomic E-state index is -1.06. The molecule has 0 saturated heterocycles. The lowest BCUT2D eigenvalue weighted by atomic mass is 9.92. The molecule has 0 saturated carbocycles. The summed E-state index contributed by atoms with van der Waals surface area (Å²) in [4.78, 5) is 65.7. The van der Waals surface area contributed by atoms with Crippen LogP contribution in [0.4, 0.5) is 11.4 Å². The quantitative estimate of drug-likeness (QED) is 0.0496. The highest BCUT2D eigenvalue weighted by molar-refractivity contribution is 6.26. The van der Waals surface area contributed by atoms with Crippen LogP contribution in [0, 0.1) is 0 Å². The average molecular weight is 814 g/mol. The van der Waals surface area contributed by atoms with Gasteiger partial charge in [0.25, 0.3) is 11.8 Å². The number of nitrogens with one attached hydrogen (secondary N) is 1. The third-order valence-corrected chi connectivity index (χ3v) is 9.39. The Morgan fingerprint density at radius 2 is 1.34 bits per heavy atom. The number of rotatable bonds is 24. The zero-order valence-electron chi connectivity index (χ0n) is 33.9.